The maximum absolute atomic E-state index is 12.0. The van der Waals surface area contributed by atoms with E-state index in [9.17, 15) is 9.59 Å². The van der Waals surface area contributed by atoms with Gasteiger partial charge in [0, 0.05) is 26.7 Å². The number of thiophene rings is 1. The molecule has 5 nitrogen and oxygen atoms in total. The molecular weight excluding hydrogens is 406 g/mol. The Morgan fingerprint density at radius 1 is 1.28 bits per heavy atom. The number of aromatic carboxylic acids is 1. The number of likely N-dealkylation sites (tertiary alicyclic amines) is 1. The predicted molar refractivity (Wildman–Crippen MR) is 102 cm³/mol. The highest BCUT2D eigenvalue weighted by Gasteiger charge is 2.19. The Kier molecular flexibility index (Phi) is 4.39. The number of benzene rings is 1. The van der Waals surface area contributed by atoms with Crippen molar-refractivity contribution in [2.24, 2.45) is 0 Å². The summed E-state index contributed by atoms with van der Waals surface area (Å²) in [5.74, 6) is -1.27. The molecule has 0 spiro atoms. The van der Waals surface area contributed by atoms with Crippen molar-refractivity contribution >= 4 is 54.3 Å². The monoisotopic (exact) mass is 421 g/mol. The SMILES string of the molecule is O=C(O)c1cc2ccc3c(Br)c(CN4CCCCC4)sc3c2oc1=O. The highest BCUT2D eigenvalue weighted by Crippen LogP contribution is 2.40. The van der Waals surface area contributed by atoms with Crippen LogP contribution < -0.4 is 5.63 Å². The van der Waals surface area contributed by atoms with Crippen LogP contribution in [-0.2, 0) is 6.54 Å². The van der Waals surface area contributed by atoms with Crippen molar-refractivity contribution in [2.45, 2.75) is 25.8 Å². The van der Waals surface area contributed by atoms with E-state index in [0.717, 1.165) is 34.2 Å². The van der Waals surface area contributed by atoms with E-state index in [0.29, 0.717) is 11.0 Å². The summed E-state index contributed by atoms with van der Waals surface area (Å²) in [6, 6.07) is 5.14. The molecule has 7 heteroatoms. The van der Waals surface area contributed by atoms with Crippen LogP contribution in [-0.4, -0.2) is 29.1 Å². The molecule has 1 N–H and O–H groups in total. The molecule has 0 radical (unpaired) electrons. The summed E-state index contributed by atoms with van der Waals surface area (Å²) in [6.07, 6.45) is 3.77. The van der Waals surface area contributed by atoms with E-state index in [1.807, 2.05) is 6.07 Å². The Morgan fingerprint density at radius 2 is 2.04 bits per heavy atom. The highest BCUT2D eigenvalue weighted by atomic mass is 79.9. The number of hydrogen-bond acceptors (Lipinski definition) is 5. The van der Waals surface area contributed by atoms with Crippen LogP contribution in [0.1, 0.15) is 34.5 Å². The van der Waals surface area contributed by atoms with Gasteiger partial charge in [0.2, 0.25) is 0 Å². The van der Waals surface area contributed by atoms with Gasteiger partial charge in [0.15, 0.2) is 5.58 Å². The number of hydrogen-bond donors (Lipinski definition) is 1. The van der Waals surface area contributed by atoms with Gasteiger partial charge in [-0.05, 0) is 47.9 Å². The van der Waals surface area contributed by atoms with E-state index in [2.05, 4.69) is 20.8 Å². The van der Waals surface area contributed by atoms with Crippen LogP contribution in [0.25, 0.3) is 21.1 Å². The molecular formula is C18H16BrNO4S. The van der Waals surface area contributed by atoms with E-state index in [1.165, 1.54) is 30.2 Å². The lowest BCUT2D eigenvalue weighted by Crippen LogP contribution is -2.28. The van der Waals surface area contributed by atoms with Gasteiger partial charge >= 0.3 is 11.6 Å². The summed E-state index contributed by atoms with van der Waals surface area (Å²) >= 11 is 5.29. The maximum atomic E-state index is 12.0. The molecule has 25 heavy (non-hydrogen) atoms. The summed E-state index contributed by atoms with van der Waals surface area (Å²) in [5.41, 5.74) is -0.686. The van der Waals surface area contributed by atoms with Crippen LogP contribution in [0.2, 0.25) is 0 Å². The minimum Gasteiger partial charge on any atom is -0.477 e. The molecule has 0 atom stereocenters. The Labute approximate surface area is 156 Å². The normalized spacial score (nSPS) is 15.9. The van der Waals surface area contributed by atoms with Crippen molar-refractivity contribution in [2.75, 3.05) is 13.1 Å². The third-order valence-corrected chi connectivity index (χ3v) is 6.97. The zero-order chi connectivity index (χ0) is 17.6. The number of piperidine rings is 1. The molecule has 0 saturated carbocycles. The first kappa shape index (κ1) is 16.8. The van der Waals surface area contributed by atoms with E-state index >= 15 is 0 Å². The third-order valence-electron chi connectivity index (χ3n) is 4.61. The number of fused-ring (bicyclic) bond motifs is 3. The molecule has 1 fully saturated rings. The average Bonchev–Trinajstić information content (AvgIpc) is 2.91. The number of nitrogens with zero attached hydrogens (tertiary/aromatic N) is 1. The van der Waals surface area contributed by atoms with Crippen molar-refractivity contribution in [3.63, 3.8) is 0 Å². The largest absolute Gasteiger partial charge is 0.477 e. The quantitative estimate of drug-likeness (QED) is 0.632. The van der Waals surface area contributed by atoms with E-state index in [1.54, 1.807) is 17.4 Å². The first-order valence-electron chi connectivity index (χ1n) is 8.18. The Bertz CT molecular complexity index is 1030. The molecule has 1 aliphatic heterocycles. The first-order chi connectivity index (χ1) is 12.0. The van der Waals surface area contributed by atoms with E-state index in [4.69, 9.17) is 9.52 Å². The van der Waals surface area contributed by atoms with Gasteiger partial charge in [-0.1, -0.05) is 18.6 Å². The summed E-state index contributed by atoms with van der Waals surface area (Å²) in [7, 11) is 0. The molecule has 2 aromatic heterocycles. The lowest BCUT2D eigenvalue weighted by molar-refractivity contribution is 0.0692. The second-order valence-electron chi connectivity index (χ2n) is 6.29. The number of rotatable bonds is 3. The minimum atomic E-state index is -1.27. The molecule has 130 valence electrons. The van der Waals surface area contributed by atoms with Crippen molar-refractivity contribution in [1.29, 1.82) is 0 Å². The van der Waals surface area contributed by atoms with Gasteiger partial charge < -0.3 is 9.52 Å². The fourth-order valence-corrected chi connectivity index (χ4v) is 5.38. The van der Waals surface area contributed by atoms with Gasteiger partial charge in [-0.3, -0.25) is 4.90 Å². The van der Waals surface area contributed by atoms with Crippen molar-refractivity contribution in [3.05, 3.63) is 43.5 Å². The predicted octanol–water partition coefficient (Wildman–Crippen LogP) is 4.45. The van der Waals surface area contributed by atoms with Crippen LogP contribution in [0.4, 0.5) is 0 Å². The van der Waals surface area contributed by atoms with E-state index < -0.39 is 11.6 Å². The first-order valence-corrected chi connectivity index (χ1v) is 9.79. The van der Waals surface area contributed by atoms with Crippen molar-refractivity contribution in [3.8, 4) is 0 Å². The molecule has 0 aliphatic carbocycles. The van der Waals surface area contributed by atoms with E-state index in [-0.39, 0.29) is 5.56 Å². The smallest absolute Gasteiger partial charge is 0.351 e. The highest BCUT2D eigenvalue weighted by molar-refractivity contribution is 9.10. The second-order valence-corrected chi connectivity index (χ2v) is 8.19. The van der Waals surface area contributed by atoms with Crippen LogP contribution in [0.3, 0.4) is 0 Å². The number of carboxylic acid groups (broad SMARTS) is 1. The standard InChI is InChI=1S/C18H16BrNO4S/c19-14-11-5-4-10-8-12(17(21)22)18(23)24-15(10)16(11)25-13(14)9-20-6-2-1-3-7-20/h4-5,8H,1-3,6-7,9H2,(H,21,22). The van der Waals surface area contributed by atoms with Gasteiger partial charge in [-0.25, -0.2) is 9.59 Å². The zero-order valence-electron chi connectivity index (χ0n) is 13.4. The summed E-state index contributed by atoms with van der Waals surface area (Å²) in [6.45, 7) is 3.09. The molecule has 3 aromatic rings. The summed E-state index contributed by atoms with van der Waals surface area (Å²) in [5, 5.41) is 10.7. The van der Waals surface area contributed by atoms with Crippen LogP contribution >= 0.6 is 27.3 Å². The van der Waals surface area contributed by atoms with Gasteiger partial charge in [0.25, 0.3) is 0 Å². The zero-order valence-corrected chi connectivity index (χ0v) is 15.8. The number of carboxylic acids is 1. The molecule has 1 saturated heterocycles. The summed E-state index contributed by atoms with van der Waals surface area (Å²) < 4.78 is 7.28. The maximum Gasteiger partial charge on any atom is 0.351 e. The van der Waals surface area contributed by atoms with Crippen LogP contribution in [0.5, 0.6) is 0 Å². The topological polar surface area (TPSA) is 70.8 Å². The fourth-order valence-electron chi connectivity index (χ4n) is 3.32. The van der Waals surface area contributed by atoms with Gasteiger partial charge in [-0.2, -0.15) is 0 Å². The Balaban J connectivity index is 1.84. The molecule has 0 bridgehead atoms. The molecule has 1 aliphatic rings. The van der Waals surface area contributed by atoms with Gasteiger partial charge in [0.1, 0.15) is 5.56 Å². The minimum absolute atomic E-state index is 0.337. The lowest BCUT2D eigenvalue weighted by atomic mass is 10.1. The van der Waals surface area contributed by atoms with Crippen LogP contribution in [0, 0.1) is 0 Å². The van der Waals surface area contributed by atoms with Crippen LogP contribution in [0.15, 0.2) is 31.9 Å². The average molecular weight is 422 g/mol. The third kappa shape index (κ3) is 3.01. The van der Waals surface area contributed by atoms with Crippen molar-refractivity contribution in [1.82, 2.24) is 4.90 Å². The fraction of sp³-hybridized carbons (Fsp3) is 0.333. The number of halogens is 1. The van der Waals surface area contributed by atoms with Gasteiger partial charge in [-0.15, -0.1) is 11.3 Å². The molecule has 0 unspecified atom stereocenters. The second kappa shape index (κ2) is 6.55. The summed E-state index contributed by atoms with van der Waals surface area (Å²) in [4.78, 5) is 26.7. The molecule has 1 aromatic carbocycles. The lowest BCUT2D eigenvalue weighted by Gasteiger charge is -2.25. The Hall–Kier alpha value is -1.70. The molecule has 4 rings (SSSR count). The Morgan fingerprint density at radius 3 is 2.76 bits per heavy atom. The van der Waals surface area contributed by atoms with Gasteiger partial charge in [0.05, 0.1) is 4.70 Å². The molecule has 0 amide bonds. The molecule has 3 heterocycles. The van der Waals surface area contributed by atoms with Crippen molar-refractivity contribution < 1.29 is 14.3 Å². The number of carbonyl (C=O) groups is 1.